The number of aromatic nitrogens is 1. The smallest absolute Gasteiger partial charge is 0.220 e. The van der Waals surface area contributed by atoms with Gasteiger partial charge >= 0.3 is 0 Å². The molecule has 1 amide bonds. The first-order valence-corrected chi connectivity index (χ1v) is 8.32. The lowest BCUT2D eigenvalue weighted by atomic mass is 10.0. The van der Waals surface area contributed by atoms with Crippen LogP contribution in [0.4, 0.5) is 0 Å². The Morgan fingerprint density at radius 1 is 1.26 bits per heavy atom. The Morgan fingerprint density at radius 3 is 2.52 bits per heavy atom. The zero-order valence-electron chi connectivity index (χ0n) is 14.1. The maximum absolute atomic E-state index is 12.4. The molecule has 1 N–H and O–H groups in total. The second kappa shape index (κ2) is 6.57. The molecule has 1 aliphatic carbocycles. The summed E-state index contributed by atoms with van der Waals surface area (Å²) < 4.78 is 5.16. The number of hydrogen-bond donors (Lipinski definition) is 1. The van der Waals surface area contributed by atoms with Crippen molar-refractivity contribution in [3.05, 3.63) is 52.4 Å². The van der Waals surface area contributed by atoms with Gasteiger partial charge in [-0.25, -0.2) is 0 Å². The predicted octanol–water partition coefficient (Wildman–Crippen LogP) is 3.80. The van der Waals surface area contributed by atoms with E-state index in [-0.39, 0.29) is 11.9 Å². The van der Waals surface area contributed by atoms with E-state index < -0.39 is 0 Å². The van der Waals surface area contributed by atoms with Crippen LogP contribution in [-0.4, -0.2) is 11.1 Å². The van der Waals surface area contributed by atoms with E-state index in [1.165, 1.54) is 24.0 Å². The molecule has 1 saturated carbocycles. The molecule has 1 heterocycles. The number of carbonyl (C=O) groups is 1. The largest absolute Gasteiger partial charge is 0.361 e. The van der Waals surface area contributed by atoms with E-state index in [1.54, 1.807) is 0 Å². The van der Waals surface area contributed by atoms with Gasteiger partial charge in [0.2, 0.25) is 5.91 Å². The molecular weight excluding hydrogens is 288 g/mol. The summed E-state index contributed by atoms with van der Waals surface area (Å²) in [6.45, 7) is 5.90. The van der Waals surface area contributed by atoms with E-state index in [2.05, 4.69) is 41.7 Å². The van der Waals surface area contributed by atoms with Gasteiger partial charge in [0.1, 0.15) is 5.76 Å². The molecule has 0 bridgehead atoms. The van der Waals surface area contributed by atoms with Gasteiger partial charge in [-0.05, 0) is 51.5 Å². The van der Waals surface area contributed by atoms with Gasteiger partial charge in [-0.3, -0.25) is 4.79 Å². The van der Waals surface area contributed by atoms with Crippen LogP contribution < -0.4 is 5.32 Å². The number of nitrogens with one attached hydrogen (secondary N) is 1. The monoisotopic (exact) mass is 312 g/mol. The van der Waals surface area contributed by atoms with Crippen LogP contribution in [-0.2, 0) is 11.2 Å². The van der Waals surface area contributed by atoms with Crippen molar-refractivity contribution in [1.29, 1.82) is 0 Å². The second-order valence-electron chi connectivity index (χ2n) is 6.60. The Bertz CT molecular complexity index is 664. The fourth-order valence-electron chi connectivity index (χ4n) is 3.02. The van der Waals surface area contributed by atoms with Crippen LogP contribution in [0, 0.1) is 26.7 Å². The lowest BCUT2D eigenvalue weighted by molar-refractivity contribution is -0.122. The third-order valence-corrected chi connectivity index (χ3v) is 4.63. The Labute approximate surface area is 137 Å². The first-order valence-electron chi connectivity index (χ1n) is 8.32. The van der Waals surface area contributed by atoms with Gasteiger partial charge in [0, 0.05) is 12.0 Å². The number of nitrogens with zero attached hydrogens (tertiary/aromatic N) is 1. The van der Waals surface area contributed by atoms with Gasteiger partial charge in [-0.15, -0.1) is 0 Å². The quantitative estimate of drug-likeness (QED) is 0.882. The van der Waals surface area contributed by atoms with Crippen LogP contribution in [0.2, 0.25) is 0 Å². The average molecular weight is 312 g/mol. The predicted molar refractivity (Wildman–Crippen MR) is 89.1 cm³/mol. The van der Waals surface area contributed by atoms with Gasteiger partial charge in [-0.1, -0.05) is 35.0 Å². The van der Waals surface area contributed by atoms with Crippen molar-refractivity contribution in [2.75, 3.05) is 0 Å². The molecule has 122 valence electrons. The SMILES string of the molecule is Cc1ccc(C(NC(=O)CCc2c(C)noc2C)C2CC2)cc1. The zero-order valence-corrected chi connectivity index (χ0v) is 14.1. The third-order valence-electron chi connectivity index (χ3n) is 4.63. The summed E-state index contributed by atoms with van der Waals surface area (Å²) in [5.41, 5.74) is 4.39. The van der Waals surface area contributed by atoms with E-state index in [9.17, 15) is 4.79 Å². The van der Waals surface area contributed by atoms with Gasteiger partial charge in [0.15, 0.2) is 0 Å². The summed E-state index contributed by atoms with van der Waals surface area (Å²) in [4.78, 5) is 12.4. The number of aryl methyl sites for hydroxylation is 3. The van der Waals surface area contributed by atoms with Crippen molar-refractivity contribution in [2.45, 2.75) is 52.5 Å². The summed E-state index contributed by atoms with van der Waals surface area (Å²) in [5.74, 6) is 1.50. The summed E-state index contributed by atoms with van der Waals surface area (Å²) in [6, 6.07) is 8.63. The first kappa shape index (κ1) is 15.8. The number of amides is 1. The van der Waals surface area contributed by atoms with Crippen molar-refractivity contribution < 1.29 is 9.32 Å². The molecule has 1 unspecified atom stereocenters. The third kappa shape index (κ3) is 3.81. The fourth-order valence-corrected chi connectivity index (χ4v) is 3.02. The molecule has 1 aliphatic rings. The average Bonchev–Trinajstić information content (AvgIpc) is 3.31. The molecule has 2 aromatic rings. The minimum absolute atomic E-state index is 0.0995. The summed E-state index contributed by atoms with van der Waals surface area (Å²) >= 11 is 0. The highest BCUT2D eigenvalue weighted by molar-refractivity contribution is 5.76. The minimum Gasteiger partial charge on any atom is -0.361 e. The van der Waals surface area contributed by atoms with Crippen molar-refractivity contribution in [3.63, 3.8) is 0 Å². The minimum atomic E-state index is 0.0995. The molecule has 1 fully saturated rings. The maximum Gasteiger partial charge on any atom is 0.220 e. The zero-order chi connectivity index (χ0) is 16.4. The van der Waals surface area contributed by atoms with Crippen molar-refractivity contribution in [2.24, 2.45) is 5.92 Å². The molecule has 0 spiro atoms. The summed E-state index contributed by atoms with van der Waals surface area (Å²) in [5, 5.41) is 7.17. The summed E-state index contributed by atoms with van der Waals surface area (Å²) in [6.07, 6.45) is 3.54. The molecule has 4 nitrogen and oxygen atoms in total. The van der Waals surface area contributed by atoms with Crippen LogP contribution in [0.15, 0.2) is 28.8 Å². The highest BCUT2D eigenvalue weighted by Crippen LogP contribution is 2.41. The topological polar surface area (TPSA) is 55.1 Å². The lowest BCUT2D eigenvalue weighted by Gasteiger charge is -2.19. The van der Waals surface area contributed by atoms with E-state index in [1.807, 2.05) is 13.8 Å². The van der Waals surface area contributed by atoms with E-state index in [4.69, 9.17) is 4.52 Å². The molecule has 1 aromatic carbocycles. The highest BCUT2D eigenvalue weighted by Gasteiger charge is 2.33. The van der Waals surface area contributed by atoms with Crippen LogP contribution in [0.25, 0.3) is 0 Å². The molecule has 3 rings (SSSR count). The van der Waals surface area contributed by atoms with Gasteiger partial charge in [0.05, 0.1) is 11.7 Å². The Balaban J connectivity index is 1.62. The van der Waals surface area contributed by atoms with Gasteiger partial charge in [-0.2, -0.15) is 0 Å². The Morgan fingerprint density at radius 2 is 1.96 bits per heavy atom. The summed E-state index contributed by atoms with van der Waals surface area (Å²) in [7, 11) is 0. The molecule has 0 saturated heterocycles. The number of benzene rings is 1. The number of carbonyl (C=O) groups excluding carboxylic acids is 1. The van der Waals surface area contributed by atoms with Crippen LogP contribution in [0.5, 0.6) is 0 Å². The molecule has 1 aromatic heterocycles. The molecule has 0 aliphatic heterocycles. The maximum atomic E-state index is 12.4. The normalized spacial score (nSPS) is 15.4. The Kier molecular flexibility index (Phi) is 4.51. The van der Waals surface area contributed by atoms with E-state index in [0.717, 1.165) is 17.0 Å². The van der Waals surface area contributed by atoms with Crippen LogP contribution in [0.1, 0.15) is 53.4 Å². The molecular formula is C19H24N2O2. The highest BCUT2D eigenvalue weighted by atomic mass is 16.5. The Hall–Kier alpha value is -2.10. The van der Waals surface area contributed by atoms with E-state index in [0.29, 0.717) is 18.8 Å². The molecule has 0 radical (unpaired) electrons. The molecule has 4 heteroatoms. The van der Waals surface area contributed by atoms with Crippen molar-refractivity contribution in [3.8, 4) is 0 Å². The van der Waals surface area contributed by atoms with Gasteiger partial charge in [0.25, 0.3) is 0 Å². The molecule has 1 atom stereocenters. The van der Waals surface area contributed by atoms with Gasteiger partial charge < -0.3 is 9.84 Å². The van der Waals surface area contributed by atoms with Crippen LogP contribution >= 0.6 is 0 Å². The molecule has 23 heavy (non-hydrogen) atoms. The number of hydrogen-bond acceptors (Lipinski definition) is 3. The number of rotatable bonds is 6. The van der Waals surface area contributed by atoms with Crippen molar-refractivity contribution in [1.82, 2.24) is 10.5 Å². The second-order valence-corrected chi connectivity index (χ2v) is 6.60. The van der Waals surface area contributed by atoms with E-state index >= 15 is 0 Å². The first-order chi connectivity index (χ1) is 11.0. The lowest BCUT2D eigenvalue weighted by Crippen LogP contribution is -2.30. The van der Waals surface area contributed by atoms with Crippen molar-refractivity contribution >= 4 is 5.91 Å². The van der Waals surface area contributed by atoms with Crippen LogP contribution in [0.3, 0.4) is 0 Å². The standard InChI is InChI=1S/C19H24N2O2/c1-12-4-6-15(7-5-12)19(16-8-9-16)20-18(22)11-10-17-13(2)21-23-14(17)3/h4-7,16,19H,8-11H2,1-3H3,(H,20,22). The fraction of sp³-hybridized carbons (Fsp3) is 0.474.